The molecule has 22 heavy (non-hydrogen) atoms. The van der Waals surface area contributed by atoms with Gasteiger partial charge < -0.3 is 15.1 Å². The third-order valence-corrected chi connectivity index (χ3v) is 4.16. The Hall–Kier alpha value is -1.55. The summed E-state index contributed by atoms with van der Waals surface area (Å²) in [5, 5.41) is 3.49. The molecule has 1 aliphatic heterocycles. The molecule has 0 radical (unpaired) electrons. The summed E-state index contributed by atoms with van der Waals surface area (Å²) in [6.45, 7) is 8.63. The molecule has 0 aliphatic carbocycles. The molecule has 0 spiro atoms. The number of nitrogens with one attached hydrogen (secondary N) is 1. The van der Waals surface area contributed by atoms with Crippen molar-refractivity contribution in [2.24, 2.45) is 10.4 Å². The van der Waals surface area contributed by atoms with E-state index < -0.39 is 0 Å². The van der Waals surface area contributed by atoms with Gasteiger partial charge in [0.2, 0.25) is 0 Å². The number of benzene rings is 1. The van der Waals surface area contributed by atoms with E-state index in [1.807, 2.05) is 7.05 Å². The van der Waals surface area contributed by atoms with E-state index in [4.69, 9.17) is 0 Å². The molecule has 1 heterocycles. The van der Waals surface area contributed by atoms with Gasteiger partial charge in [0.1, 0.15) is 0 Å². The number of aliphatic imine (C=N–C) groups is 1. The summed E-state index contributed by atoms with van der Waals surface area (Å²) in [6, 6.07) is 8.82. The van der Waals surface area contributed by atoms with Gasteiger partial charge in [0.15, 0.2) is 5.96 Å². The lowest BCUT2D eigenvalue weighted by Gasteiger charge is -2.23. The fourth-order valence-corrected chi connectivity index (χ4v) is 2.93. The van der Waals surface area contributed by atoms with E-state index >= 15 is 0 Å². The lowest BCUT2D eigenvalue weighted by atomic mass is 9.93. The Balaban J connectivity index is 1.88. The average molecular weight is 302 g/mol. The van der Waals surface area contributed by atoms with E-state index in [1.54, 1.807) is 0 Å². The van der Waals surface area contributed by atoms with Crippen LogP contribution in [0.5, 0.6) is 0 Å². The minimum atomic E-state index is 0.394. The van der Waals surface area contributed by atoms with Gasteiger partial charge >= 0.3 is 0 Å². The molecule has 0 amide bonds. The molecule has 122 valence electrons. The van der Waals surface area contributed by atoms with Gasteiger partial charge in [0, 0.05) is 33.2 Å². The van der Waals surface area contributed by atoms with Gasteiger partial charge in [-0.3, -0.25) is 4.99 Å². The Morgan fingerprint density at radius 2 is 1.86 bits per heavy atom. The predicted molar refractivity (Wildman–Crippen MR) is 94.0 cm³/mol. The molecule has 0 atom stereocenters. The van der Waals surface area contributed by atoms with Gasteiger partial charge in [-0.05, 0) is 37.1 Å². The van der Waals surface area contributed by atoms with Gasteiger partial charge in [-0.25, -0.2) is 0 Å². The SMILES string of the molecule is CN=C(NCc1ccc(CN(C)C)cc1)N1CCC(C)(C)C1. The number of rotatable bonds is 4. The molecule has 0 unspecified atom stereocenters. The zero-order valence-electron chi connectivity index (χ0n) is 14.7. The summed E-state index contributed by atoms with van der Waals surface area (Å²) in [6.07, 6.45) is 1.23. The van der Waals surface area contributed by atoms with Gasteiger partial charge in [-0.15, -0.1) is 0 Å². The quantitative estimate of drug-likeness (QED) is 0.685. The molecule has 1 aromatic carbocycles. The minimum absolute atomic E-state index is 0.394. The van der Waals surface area contributed by atoms with E-state index in [2.05, 4.69) is 72.3 Å². The fourth-order valence-electron chi connectivity index (χ4n) is 2.93. The van der Waals surface area contributed by atoms with E-state index in [0.717, 1.165) is 32.1 Å². The van der Waals surface area contributed by atoms with Crippen molar-refractivity contribution < 1.29 is 0 Å². The molecular formula is C18H30N4. The van der Waals surface area contributed by atoms with Crippen LogP contribution in [0.3, 0.4) is 0 Å². The summed E-state index contributed by atoms with van der Waals surface area (Å²) in [4.78, 5) is 8.98. The Labute approximate surface area is 135 Å². The van der Waals surface area contributed by atoms with Gasteiger partial charge in [-0.2, -0.15) is 0 Å². The molecule has 1 saturated heterocycles. The Kier molecular flexibility index (Phi) is 5.46. The highest BCUT2D eigenvalue weighted by atomic mass is 15.3. The molecule has 1 N–H and O–H groups in total. The lowest BCUT2D eigenvalue weighted by Crippen LogP contribution is -2.40. The van der Waals surface area contributed by atoms with Crippen LogP contribution in [-0.4, -0.2) is 50.0 Å². The third-order valence-electron chi connectivity index (χ3n) is 4.16. The van der Waals surface area contributed by atoms with Crippen LogP contribution in [0.25, 0.3) is 0 Å². The molecule has 0 bridgehead atoms. The highest BCUT2D eigenvalue weighted by Crippen LogP contribution is 2.28. The third kappa shape index (κ3) is 4.73. The molecule has 4 nitrogen and oxygen atoms in total. The van der Waals surface area contributed by atoms with Crippen LogP contribution in [0.15, 0.2) is 29.3 Å². The standard InChI is InChI=1S/C18H30N4/c1-18(2)10-11-22(14-18)17(19-3)20-12-15-6-8-16(9-7-15)13-21(4)5/h6-9H,10-14H2,1-5H3,(H,19,20). The van der Waals surface area contributed by atoms with Gasteiger partial charge in [-0.1, -0.05) is 38.1 Å². The second-order valence-electron chi connectivity index (χ2n) is 7.29. The van der Waals surface area contributed by atoms with E-state index in [-0.39, 0.29) is 0 Å². The van der Waals surface area contributed by atoms with Crippen molar-refractivity contribution in [3.8, 4) is 0 Å². The van der Waals surface area contributed by atoms with Crippen LogP contribution in [-0.2, 0) is 13.1 Å². The van der Waals surface area contributed by atoms with E-state index in [9.17, 15) is 0 Å². The minimum Gasteiger partial charge on any atom is -0.352 e. The Morgan fingerprint density at radius 3 is 2.36 bits per heavy atom. The molecule has 1 aromatic rings. The first-order chi connectivity index (χ1) is 10.4. The highest BCUT2D eigenvalue weighted by molar-refractivity contribution is 5.80. The summed E-state index contributed by atoms with van der Waals surface area (Å²) < 4.78 is 0. The van der Waals surface area contributed by atoms with Crippen molar-refractivity contribution in [1.29, 1.82) is 0 Å². The van der Waals surface area contributed by atoms with Gasteiger partial charge in [0.25, 0.3) is 0 Å². The maximum Gasteiger partial charge on any atom is 0.193 e. The lowest BCUT2D eigenvalue weighted by molar-refractivity contribution is 0.370. The molecule has 2 rings (SSSR count). The normalized spacial score (nSPS) is 18.1. The van der Waals surface area contributed by atoms with Crippen LogP contribution >= 0.6 is 0 Å². The van der Waals surface area contributed by atoms with Crippen molar-refractivity contribution in [3.63, 3.8) is 0 Å². The first-order valence-electron chi connectivity index (χ1n) is 8.08. The molecule has 0 aromatic heterocycles. The number of likely N-dealkylation sites (tertiary alicyclic amines) is 1. The zero-order chi connectivity index (χ0) is 16.2. The maximum absolute atomic E-state index is 4.43. The van der Waals surface area contributed by atoms with Crippen molar-refractivity contribution in [3.05, 3.63) is 35.4 Å². The molecule has 4 heteroatoms. The van der Waals surface area contributed by atoms with E-state index in [1.165, 1.54) is 17.5 Å². The summed E-state index contributed by atoms with van der Waals surface area (Å²) in [7, 11) is 6.06. The largest absolute Gasteiger partial charge is 0.352 e. The average Bonchev–Trinajstić information content (AvgIpc) is 2.81. The molecular weight excluding hydrogens is 272 g/mol. The van der Waals surface area contributed by atoms with Crippen LogP contribution in [0.2, 0.25) is 0 Å². The second kappa shape index (κ2) is 7.14. The smallest absolute Gasteiger partial charge is 0.193 e. The Bertz CT molecular complexity index is 502. The van der Waals surface area contributed by atoms with Crippen molar-refractivity contribution >= 4 is 5.96 Å². The van der Waals surface area contributed by atoms with Crippen LogP contribution in [0.1, 0.15) is 31.4 Å². The number of hydrogen-bond acceptors (Lipinski definition) is 2. The second-order valence-corrected chi connectivity index (χ2v) is 7.29. The number of nitrogens with zero attached hydrogens (tertiary/aromatic N) is 3. The summed E-state index contributed by atoms with van der Waals surface area (Å²) >= 11 is 0. The van der Waals surface area contributed by atoms with Crippen molar-refractivity contribution in [2.75, 3.05) is 34.2 Å². The first kappa shape index (κ1) is 16.8. The zero-order valence-corrected chi connectivity index (χ0v) is 14.7. The topological polar surface area (TPSA) is 30.9 Å². The predicted octanol–water partition coefficient (Wildman–Crippen LogP) is 2.56. The molecule has 1 fully saturated rings. The van der Waals surface area contributed by atoms with Crippen molar-refractivity contribution in [2.45, 2.75) is 33.4 Å². The number of hydrogen-bond donors (Lipinski definition) is 1. The fraction of sp³-hybridized carbons (Fsp3) is 0.611. The Morgan fingerprint density at radius 1 is 1.23 bits per heavy atom. The number of guanidine groups is 1. The maximum atomic E-state index is 4.43. The summed E-state index contributed by atoms with van der Waals surface area (Å²) in [5.74, 6) is 1.02. The van der Waals surface area contributed by atoms with E-state index in [0.29, 0.717) is 5.41 Å². The van der Waals surface area contributed by atoms with Gasteiger partial charge in [0.05, 0.1) is 0 Å². The molecule has 1 aliphatic rings. The molecule has 0 saturated carbocycles. The van der Waals surface area contributed by atoms with Crippen LogP contribution < -0.4 is 5.32 Å². The first-order valence-corrected chi connectivity index (χ1v) is 8.08. The van der Waals surface area contributed by atoms with Crippen molar-refractivity contribution in [1.82, 2.24) is 15.1 Å². The summed E-state index contributed by atoms with van der Waals surface area (Å²) in [5.41, 5.74) is 3.03. The van der Waals surface area contributed by atoms with Crippen LogP contribution in [0, 0.1) is 5.41 Å². The monoisotopic (exact) mass is 302 g/mol. The van der Waals surface area contributed by atoms with Crippen LogP contribution in [0.4, 0.5) is 0 Å². The highest BCUT2D eigenvalue weighted by Gasteiger charge is 2.30.